The van der Waals surface area contributed by atoms with Gasteiger partial charge in [-0.1, -0.05) is 58.8 Å². The maximum absolute atomic E-state index is 14.2. The van der Waals surface area contributed by atoms with Gasteiger partial charge in [0.15, 0.2) is 5.82 Å². The number of carbonyl (C=O) groups excluding carboxylic acids is 1. The summed E-state index contributed by atoms with van der Waals surface area (Å²) in [7, 11) is 0. The number of piperazine rings is 1. The molecule has 0 spiro atoms. The highest BCUT2D eigenvalue weighted by atomic mass is 19.3. The molecule has 1 aromatic carbocycles. The van der Waals surface area contributed by atoms with Crippen molar-refractivity contribution in [1.82, 2.24) is 25.3 Å². The summed E-state index contributed by atoms with van der Waals surface area (Å²) in [6, 6.07) is 6.20. The first-order valence-corrected chi connectivity index (χ1v) is 13.4. The number of pyridine rings is 1. The highest BCUT2D eigenvalue weighted by Gasteiger charge is 2.38. The Morgan fingerprint density at radius 3 is 2.49 bits per heavy atom. The largest absolute Gasteiger partial charge is 0.465 e. The van der Waals surface area contributed by atoms with Crippen LogP contribution in [0.15, 0.2) is 41.2 Å². The van der Waals surface area contributed by atoms with Crippen molar-refractivity contribution in [2.75, 3.05) is 24.5 Å². The number of alkyl halides is 2. The van der Waals surface area contributed by atoms with Crippen molar-refractivity contribution in [2.45, 2.75) is 66.0 Å². The van der Waals surface area contributed by atoms with Crippen LogP contribution in [0.3, 0.4) is 0 Å². The molecule has 0 aliphatic carbocycles. The fourth-order valence-electron chi connectivity index (χ4n) is 4.85. The standard InChI is InChI=1S/C29H36F2N6O4/c1-28(2,3)22-16-36(11-12-37(22)27(39)40)21-15-32-10-9-19(21)17-7-8-18(20(13-17)23(30)31)14-33-24(38)25-34-26(35-41-25)29(4,5)6/h7-10,13,15,22-23H,11-12,14,16H2,1-6H3,(H,33,38)(H,39,40). The molecule has 4 rings (SSSR count). The molecule has 10 nitrogen and oxygen atoms in total. The predicted molar refractivity (Wildman–Crippen MR) is 149 cm³/mol. The minimum absolute atomic E-state index is 0.153. The molecule has 2 N–H and O–H groups in total. The van der Waals surface area contributed by atoms with Crippen molar-refractivity contribution >= 4 is 17.7 Å². The van der Waals surface area contributed by atoms with E-state index in [0.29, 0.717) is 36.6 Å². The van der Waals surface area contributed by atoms with Crippen LogP contribution in [0.4, 0.5) is 19.3 Å². The Bertz CT molecular complexity index is 1410. The Balaban J connectivity index is 1.58. The Hall–Kier alpha value is -4.09. The highest BCUT2D eigenvalue weighted by molar-refractivity contribution is 5.89. The number of carboxylic acid groups (broad SMARTS) is 1. The van der Waals surface area contributed by atoms with Gasteiger partial charge in [-0.3, -0.25) is 9.78 Å². The van der Waals surface area contributed by atoms with Gasteiger partial charge < -0.3 is 24.7 Å². The van der Waals surface area contributed by atoms with E-state index in [1.54, 1.807) is 30.6 Å². The number of benzene rings is 1. The average Bonchev–Trinajstić information content (AvgIpc) is 3.42. The maximum Gasteiger partial charge on any atom is 0.407 e. The molecule has 0 radical (unpaired) electrons. The lowest BCUT2D eigenvalue weighted by atomic mass is 9.84. The average molecular weight is 571 g/mol. The molecule has 0 bridgehead atoms. The lowest BCUT2D eigenvalue weighted by Gasteiger charge is -2.47. The number of halogens is 2. The third-order valence-corrected chi connectivity index (χ3v) is 7.19. The van der Waals surface area contributed by atoms with Gasteiger partial charge in [0.2, 0.25) is 0 Å². The summed E-state index contributed by atoms with van der Waals surface area (Å²) in [5.74, 6) is -0.516. The van der Waals surface area contributed by atoms with Crippen molar-refractivity contribution in [3.05, 3.63) is 59.5 Å². The second kappa shape index (κ2) is 11.4. The van der Waals surface area contributed by atoms with E-state index in [1.807, 2.05) is 41.5 Å². The fraction of sp³-hybridized carbons (Fsp3) is 0.483. The van der Waals surface area contributed by atoms with Crippen LogP contribution in [0.5, 0.6) is 0 Å². The van der Waals surface area contributed by atoms with Crippen LogP contribution < -0.4 is 10.2 Å². The molecule has 1 unspecified atom stereocenters. The van der Waals surface area contributed by atoms with Crippen molar-refractivity contribution in [3.8, 4) is 11.1 Å². The number of nitrogens with one attached hydrogen (secondary N) is 1. The number of carbonyl (C=O) groups is 2. The van der Waals surface area contributed by atoms with Crippen molar-refractivity contribution < 1.29 is 28.0 Å². The molecule has 41 heavy (non-hydrogen) atoms. The van der Waals surface area contributed by atoms with E-state index in [1.165, 1.54) is 11.0 Å². The van der Waals surface area contributed by atoms with E-state index < -0.39 is 23.8 Å². The number of amides is 2. The number of hydrogen-bond acceptors (Lipinski definition) is 7. The third kappa shape index (κ3) is 6.63. The van der Waals surface area contributed by atoms with Crippen LogP contribution in [0.1, 0.15) is 75.6 Å². The topological polar surface area (TPSA) is 125 Å². The molecule has 1 aliphatic rings. The highest BCUT2D eigenvalue weighted by Crippen LogP contribution is 2.37. The predicted octanol–water partition coefficient (Wildman–Crippen LogP) is 5.51. The van der Waals surface area contributed by atoms with Crippen LogP contribution in [-0.4, -0.2) is 62.8 Å². The molecule has 2 aromatic heterocycles. The van der Waals surface area contributed by atoms with E-state index in [0.717, 1.165) is 5.69 Å². The van der Waals surface area contributed by atoms with Gasteiger partial charge in [-0.05, 0) is 28.7 Å². The summed E-state index contributed by atoms with van der Waals surface area (Å²) in [5, 5.41) is 16.1. The molecule has 220 valence electrons. The summed E-state index contributed by atoms with van der Waals surface area (Å²) in [5.41, 5.74) is 1.32. The monoisotopic (exact) mass is 570 g/mol. The van der Waals surface area contributed by atoms with Crippen LogP contribution >= 0.6 is 0 Å². The number of hydrogen-bond donors (Lipinski definition) is 2. The zero-order chi connectivity index (χ0) is 30.1. The van der Waals surface area contributed by atoms with E-state index in [2.05, 4.69) is 25.3 Å². The first-order valence-electron chi connectivity index (χ1n) is 13.4. The molecule has 3 aromatic rings. The zero-order valence-corrected chi connectivity index (χ0v) is 24.1. The summed E-state index contributed by atoms with van der Waals surface area (Å²) in [6.07, 6.45) is -0.473. The minimum Gasteiger partial charge on any atom is -0.465 e. The Morgan fingerprint density at radius 1 is 1.15 bits per heavy atom. The van der Waals surface area contributed by atoms with E-state index in [4.69, 9.17) is 4.52 Å². The van der Waals surface area contributed by atoms with Crippen molar-refractivity contribution in [2.24, 2.45) is 5.41 Å². The first-order chi connectivity index (χ1) is 19.2. The van der Waals surface area contributed by atoms with E-state index in [9.17, 15) is 23.5 Å². The number of aromatic nitrogens is 3. The van der Waals surface area contributed by atoms with Crippen LogP contribution in [0.25, 0.3) is 11.1 Å². The van der Waals surface area contributed by atoms with Crippen molar-refractivity contribution in [1.29, 1.82) is 0 Å². The summed E-state index contributed by atoms with van der Waals surface area (Å²) in [6.45, 7) is 12.7. The molecule has 0 saturated carbocycles. The van der Waals surface area contributed by atoms with Crippen LogP contribution in [-0.2, 0) is 12.0 Å². The second-order valence-corrected chi connectivity index (χ2v) is 12.3. The van der Waals surface area contributed by atoms with Gasteiger partial charge in [0, 0.05) is 48.9 Å². The van der Waals surface area contributed by atoms with Gasteiger partial charge in [-0.15, -0.1) is 0 Å². The lowest BCUT2D eigenvalue weighted by molar-refractivity contribution is 0.0748. The van der Waals surface area contributed by atoms with Gasteiger partial charge in [0.25, 0.3) is 6.43 Å². The maximum atomic E-state index is 14.2. The molecule has 1 aliphatic heterocycles. The van der Waals surface area contributed by atoms with Crippen LogP contribution in [0, 0.1) is 5.41 Å². The summed E-state index contributed by atoms with van der Waals surface area (Å²) < 4.78 is 33.5. The van der Waals surface area contributed by atoms with Gasteiger partial charge in [-0.25, -0.2) is 13.6 Å². The number of nitrogens with zero attached hydrogens (tertiary/aromatic N) is 5. The van der Waals surface area contributed by atoms with E-state index >= 15 is 0 Å². The summed E-state index contributed by atoms with van der Waals surface area (Å²) in [4.78, 5) is 36.3. The minimum atomic E-state index is -2.78. The first kappa shape index (κ1) is 29.9. The fourth-order valence-corrected chi connectivity index (χ4v) is 4.85. The van der Waals surface area contributed by atoms with E-state index in [-0.39, 0.29) is 35.0 Å². The van der Waals surface area contributed by atoms with Gasteiger partial charge in [0.1, 0.15) is 0 Å². The molecular formula is C29H36F2N6O4. The number of rotatable bonds is 6. The van der Waals surface area contributed by atoms with Gasteiger partial charge in [-0.2, -0.15) is 4.98 Å². The van der Waals surface area contributed by atoms with Gasteiger partial charge >= 0.3 is 17.9 Å². The molecule has 3 heterocycles. The Morgan fingerprint density at radius 2 is 1.88 bits per heavy atom. The lowest BCUT2D eigenvalue weighted by Crippen LogP contribution is -2.59. The quantitative estimate of drug-likeness (QED) is 0.398. The Labute approximate surface area is 237 Å². The molecule has 2 amide bonds. The summed E-state index contributed by atoms with van der Waals surface area (Å²) >= 11 is 0. The smallest absolute Gasteiger partial charge is 0.407 e. The number of anilines is 1. The molecular weight excluding hydrogens is 534 g/mol. The molecule has 1 saturated heterocycles. The van der Waals surface area contributed by atoms with Gasteiger partial charge in [0.05, 0.1) is 17.9 Å². The molecule has 12 heteroatoms. The zero-order valence-electron chi connectivity index (χ0n) is 24.1. The third-order valence-electron chi connectivity index (χ3n) is 7.19. The van der Waals surface area contributed by atoms with Crippen LogP contribution in [0.2, 0.25) is 0 Å². The second-order valence-electron chi connectivity index (χ2n) is 12.3. The SMILES string of the molecule is CC(C)(C)c1noc(C(=O)NCc2ccc(-c3ccncc3N3CCN(C(=O)O)C(C(C)(C)C)C3)cc2C(F)F)n1. The molecule has 1 fully saturated rings. The Kier molecular flexibility index (Phi) is 8.32. The van der Waals surface area contributed by atoms with Crippen molar-refractivity contribution in [3.63, 3.8) is 0 Å². The normalized spacial score (nSPS) is 16.3. The molecule has 1 atom stereocenters.